The van der Waals surface area contributed by atoms with Crippen LogP contribution >= 0.6 is 0 Å². The molecule has 0 saturated heterocycles. The van der Waals surface area contributed by atoms with Gasteiger partial charge in [0.2, 0.25) is 0 Å². The molecule has 0 heterocycles. The van der Waals surface area contributed by atoms with Crippen LogP contribution in [0.1, 0.15) is 26.7 Å². The second-order valence-corrected chi connectivity index (χ2v) is 2.92. The van der Waals surface area contributed by atoms with Gasteiger partial charge >= 0.3 is 5.97 Å². The van der Waals surface area contributed by atoms with Crippen LogP contribution in [-0.2, 0) is 14.3 Å². The standard InChI is InChI=1S/C10H16O3/c1-3-12-9-7-5-6-8(9)10(11)13-4-2/h7-8H,3-6H2,1-2H3. The Kier molecular flexibility index (Phi) is 3.80. The lowest BCUT2D eigenvalue weighted by molar-refractivity contribution is -0.147. The third-order valence-corrected chi connectivity index (χ3v) is 2.03. The van der Waals surface area contributed by atoms with Gasteiger partial charge in [-0.2, -0.15) is 0 Å². The van der Waals surface area contributed by atoms with Crippen molar-refractivity contribution in [2.75, 3.05) is 13.2 Å². The van der Waals surface area contributed by atoms with Crippen molar-refractivity contribution in [3.63, 3.8) is 0 Å². The average Bonchev–Trinajstić information content (AvgIpc) is 2.54. The highest BCUT2D eigenvalue weighted by Gasteiger charge is 2.28. The van der Waals surface area contributed by atoms with E-state index in [4.69, 9.17) is 9.47 Å². The fraction of sp³-hybridized carbons (Fsp3) is 0.700. The lowest BCUT2D eigenvalue weighted by Crippen LogP contribution is -2.18. The van der Waals surface area contributed by atoms with Gasteiger partial charge < -0.3 is 9.47 Å². The van der Waals surface area contributed by atoms with Crippen molar-refractivity contribution in [2.45, 2.75) is 26.7 Å². The molecular weight excluding hydrogens is 168 g/mol. The molecule has 0 spiro atoms. The van der Waals surface area contributed by atoms with Gasteiger partial charge in [-0.25, -0.2) is 0 Å². The van der Waals surface area contributed by atoms with E-state index in [9.17, 15) is 4.79 Å². The van der Waals surface area contributed by atoms with Crippen molar-refractivity contribution in [1.29, 1.82) is 0 Å². The largest absolute Gasteiger partial charge is 0.498 e. The van der Waals surface area contributed by atoms with Gasteiger partial charge in [-0.15, -0.1) is 0 Å². The van der Waals surface area contributed by atoms with E-state index in [1.54, 1.807) is 0 Å². The highest BCUT2D eigenvalue weighted by Crippen LogP contribution is 2.27. The predicted molar refractivity (Wildman–Crippen MR) is 49.1 cm³/mol. The summed E-state index contributed by atoms with van der Waals surface area (Å²) in [7, 11) is 0. The number of allylic oxidation sites excluding steroid dienone is 1. The van der Waals surface area contributed by atoms with Gasteiger partial charge in [0.1, 0.15) is 11.7 Å². The topological polar surface area (TPSA) is 35.5 Å². The zero-order valence-corrected chi connectivity index (χ0v) is 8.21. The number of esters is 1. The van der Waals surface area contributed by atoms with Crippen molar-refractivity contribution in [2.24, 2.45) is 5.92 Å². The highest BCUT2D eigenvalue weighted by molar-refractivity contribution is 5.75. The van der Waals surface area contributed by atoms with Crippen LogP contribution in [0.5, 0.6) is 0 Å². The molecule has 1 aliphatic rings. The molecule has 1 unspecified atom stereocenters. The molecule has 0 aromatic heterocycles. The fourth-order valence-electron chi connectivity index (χ4n) is 1.48. The van der Waals surface area contributed by atoms with Gasteiger partial charge in [0.15, 0.2) is 0 Å². The third-order valence-electron chi connectivity index (χ3n) is 2.03. The zero-order chi connectivity index (χ0) is 9.68. The number of ether oxygens (including phenoxy) is 2. The lowest BCUT2D eigenvalue weighted by atomic mass is 10.1. The molecule has 0 amide bonds. The predicted octanol–water partition coefficient (Wildman–Crippen LogP) is 1.88. The van der Waals surface area contributed by atoms with Crippen molar-refractivity contribution in [3.8, 4) is 0 Å². The molecule has 3 nitrogen and oxygen atoms in total. The highest BCUT2D eigenvalue weighted by atomic mass is 16.5. The molecule has 0 N–H and O–H groups in total. The summed E-state index contributed by atoms with van der Waals surface area (Å²) in [4.78, 5) is 11.4. The van der Waals surface area contributed by atoms with E-state index >= 15 is 0 Å². The fourth-order valence-corrected chi connectivity index (χ4v) is 1.48. The van der Waals surface area contributed by atoms with Crippen molar-refractivity contribution in [1.82, 2.24) is 0 Å². The van der Waals surface area contributed by atoms with Crippen LogP contribution < -0.4 is 0 Å². The van der Waals surface area contributed by atoms with Crippen molar-refractivity contribution in [3.05, 3.63) is 11.8 Å². The zero-order valence-electron chi connectivity index (χ0n) is 8.21. The van der Waals surface area contributed by atoms with Crippen molar-refractivity contribution >= 4 is 5.97 Å². The van der Waals surface area contributed by atoms with Gasteiger partial charge in [0.05, 0.1) is 13.2 Å². The maximum Gasteiger partial charge on any atom is 0.316 e. The molecule has 1 rings (SSSR count). The Bertz CT molecular complexity index is 208. The number of rotatable bonds is 4. The van der Waals surface area contributed by atoms with Gasteiger partial charge in [0.25, 0.3) is 0 Å². The molecule has 0 bridgehead atoms. The van der Waals surface area contributed by atoms with Crippen LogP contribution in [0.4, 0.5) is 0 Å². The lowest BCUT2D eigenvalue weighted by Gasteiger charge is -2.13. The molecule has 1 atom stereocenters. The molecule has 1 aliphatic carbocycles. The second-order valence-electron chi connectivity index (χ2n) is 2.92. The summed E-state index contributed by atoms with van der Waals surface area (Å²) in [6, 6.07) is 0. The van der Waals surface area contributed by atoms with E-state index in [2.05, 4.69) is 0 Å². The quantitative estimate of drug-likeness (QED) is 0.626. The Morgan fingerprint density at radius 2 is 2.31 bits per heavy atom. The first kappa shape index (κ1) is 10.1. The van der Waals surface area contributed by atoms with Crippen LogP contribution in [0.25, 0.3) is 0 Å². The van der Waals surface area contributed by atoms with E-state index in [0.717, 1.165) is 18.6 Å². The van der Waals surface area contributed by atoms with Crippen LogP contribution in [0.2, 0.25) is 0 Å². The molecule has 0 fully saturated rings. The normalized spacial score (nSPS) is 21.1. The molecular formula is C10H16O3. The number of hydrogen-bond acceptors (Lipinski definition) is 3. The Balaban J connectivity index is 2.50. The maximum absolute atomic E-state index is 11.4. The molecule has 0 aliphatic heterocycles. The molecule has 13 heavy (non-hydrogen) atoms. The second kappa shape index (κ2) is 4.90. The Labute approximate surface area is 78.7 Å². The van der Waals surface area contributed by atoms with E-state index in [1.165, 1.54) is 0 Å². The van der Waals surface area contributed by atoms with Crippen LogP contribution in [0.3, 0.4) is 0 Å². The first-order chi connectivity index (χ1) is 6.29. The summed E-state index contributed by atoms with van der Waals surface area (Å²) < 4.78 is 10.3. The van der Waals surface area contributed by atoms with E-state index in [1.807, 2.05) is 19.9 Å². The first-order valence-electron chi connectivity index (χ1n) is 4.79. The van der Waals surface area contributed by atoms with Crippen LogP contribution in [0, 0.1) is 5.92 Å². The average molecular weight is 184 g/mol. The van der Waals surface area contributed by atoms with Gasteiger partial charge in [-0.1, -0.05) is 0 Å². The molecule has 3 heteroatoms. The first-order valence-corrected chi connectivity index (χ1v) is 4.79. The molecule has 0 aromatic carbocycles. The van der Waals surface area contributed by atoms with E-state index in [-0.39, 0.29) is 11.9 Å². The summed E-state index contributed by atoms with van der Waals surface area (Å²) in [5.74, 6) is 0.487. The summed E-state index contributed by atoms with van der Waals surface area (Å²) in [6.07, 6.45) is 3.72. The molecule has 0 aromatic rings. The Morgan fingerprint density at radius 3 is 2.92 bits per heavy atom. The van der Waals surface area contributed by atoms with E-state index in [0.29, 0.717) is 13.2 Å². The third kappa shape index (κ3) is 2.47. The SMILES string of the molecule is CCOC(=O)C1CCC=C1OCC. The smallest absolute Gasteiger partial charge is 0.316 e. The minimum absolute atomic E-state index is 0.153. The van der Waals surface area contributed by atoms with Crippen molar-refractivity contribution < 1.29 is 14.3 Å². The van der Waals surface area contributed by atoms with Crippen LogP contribution in [-0.4, -0.2) is 19.2 Å². The summed E-state index contributed by atoms with van der Waals surface area (Å²) in [5.41, 5.74) is 0. The number of carbonyl (C=O) groups excluding carboxylic acids is 1. The molecule has 0 saturated carbocycles. The Morgan fingerprint density at radius 1 is 1.54 bits per heavy atom. The van der Waals surface area contributed by atoms with Gasteiger partial charge in [0, 0.05) is 0 Å². The summed E-state index contributed by atoms with van der Waals surface area (Å²) in [5, 5.41) is 0. The number of hydrogen-bond donors (Lipinski definition) is 0. The minimum Gasteiger partial charge on any atom is -0.498 e. The number of carbonyl (C=O) groups is 1. The summed E-state index contributed by atoms with van der Waals surface area (Å²) in [6.45, 7) is 4.79. The monoisotopic (exact) mass is 184 g/mol. The minimum atomic E-state index is -0.153. The molecule has 0 radical (unpaired) electrons. The van der Waals surface area contributed by atoms with E-state index < -0.39 is 0 Å². The van der Waals surface area contributed by atoms with Gasteiger partial charge in [-0.05, 0) is 32.8 Å². The van der Waals surface area contributed by atoms with Gasteiger partial charge in [-0.3, -0.25) is 4.79 Å². The Hall–Kier alpha value is -0.990. The molecule has 74 valence electrons. The maximum atomic E-state index is 11.4. The van der Waals surface area contributed by atoms with Crippen LogP contribution in [0.15, 0.2) is 11.8 Å². The summed E-state index contributed by atoms with van der Waals surface area (Å²) >= 11 is 0.